The van der Waals surface area contributed by atoms with Crippen molar-refractivity contribution in [3.8, 4) is 0 Å². The summed E-state index contributed by atoms with van der Waals surface area (Å²) in [5.41, 5.74) is 3.26. The second-order valence-electron chi connectivity index (χ2n) is 5.38. The summed E-state index contributed by atoms with van der Waals surface area (Å²) >= 11 is 1.69. The number of hydrogen-bond acceptors (Lipinski definition) is 3. The average Bonchev–Trinajstić information content (AvgIpc) is 3.07. The monoisotopic (exact) mass is 472 g/mol. The summed E-state index contributed by atoms with van der Waals surface area (Å²) in [6, 6.07) is 10.00. The number of anilines is 1. The Morgan fingerprint density at radius 3 is 2.48 bits per heavy atom. The van der Waals surface area contributed by atoms with E-state index in [0.29, 0.717) is 6.54 Å². The van der Waals surface area contributed by atoms with Crippen LogP contribution in [0.15, 0.2) is 46.1 Å². The van der Waals surface area contributed by atoms with E-state index in [0.717, 1.165) is 31.2 Å². The first-order valence-electron chi connectivity index (χ1n) is 8.07. The van der Waals surface area contributed by atoms with Gasteiger partial charge >= 0.3 is 0 Å². The predicted molar refractivity (Wildman–Crippen MR) is 117 cm³/mol. The third-order valence-electron chi connectivity index (χ3n) is 3.32. The fourth-order valence-corrected chi connectivity index (χ4v) is 2.84. The molecule has 5 nitrogen and oxygen atoms in total. The molecule has 7 heteroatoms. The number of guanidine groups is 1. The smallest absolute Gasteiger partial charge is 0.221 e. The Bertz CT molecular complexity index is 656. The van der Waals surface area contributed by atoms with Crippen LogP contribution in [-0.2, 0) is 17.8 Å². The van der Waals surface area contributed by atoms with E-state index in [4.69, 9.17) is 0 Å². The molecule has 0 aliphatic carbocycles. The number of rotatable bonds is 7. The van der Waals surface area contributed by atoms with Gasteiger partial charge < -0.3 is 16.0 Å². The summed E-state index contributed by atoms with van der Waals surface area (Å²) in [5, 5.41) is 13.6. The molecular formula is C18H25IN4OS. The van der Waals surface area contributed by atoms with Crippen LogP contribution in [0.5, 0.6) is 0 Å². The lowest BCUT2D eigenvalue weighted by atomic mass is 10.1. The maximum atomic E-state index is 11.0. The molecule has 25 heavy (non-hydrogen) atoms. The van der Waals surface area contributed by atoms with Crippen molar-refractivity contribution in [2.75, 3.05) is 18.4 Å². The Balaban J connectivity index is 0.00000312. The fourth-order valence-electron chi connectivity index (χ4n) is 2.18. The van der Waals surface area contributed by atoms with Crippen LogP contribution in [0.2, 0.25) is 0 Å². The lowest BCUT2D eigenvalue weighted by molar-refractivity contribution is -0.114. The first-order chi connectivity index (χ1) is 11.7. The van der Waals surface area contributed by atoms with Gasteiger partial charge in [0, 0.05) is 25.7 Å². The van der Waals surface area contributed by atoms with Crippen LogP contribution >= 0.6 is 35.3 Å². The van der Waals surface area contributed by atoms with Gasteiger partial charge in [0.2, 0.25) is 5.91 Å². The lowest BCUT2D eigenvalue weighted by Gasteiger charge is -2.11. The molecule has 1 aromatic heterocycles. The molecule has 1 amide bonds. The highest BCUT2D eigenvalue weighted by Gasteiger charge is 2.00. The zero-order valence-electron chi connectivity index (χ0n) is 14.5. The number of hydrogen-bond donors (Lipinski definition) is 3. The summed E-state index contributed by atoms with van der Waals surface area (Å²) < 4.78 is 0. The quantitative estimate of drug-likeness (QED) is 0.328. The van der Waals surface area contributed by atoms with Gasteiger partial charge in [-0.1, -0.05) is 12.1 Å². The largest absolute Gasteiger partial charge is 0.357 e. The molecule has 0 radical (unpaired) electrons. The fraction of sp³-hybridized carbons (Fsp3) is 0.333. The SMILES string of the molecule is CCNC(=NCc1ccsc1)NCCc1ccc(NC(C)=O)cc1.I. The van der Waals surface area contributed by atoms with Gasteiger partial charge in [0.25, 0.3) is 0 Å². The summed E-state index contributed by atoms with van der Waals surface area (Å²) in [5.74, 6) is 0.778. The number of nitrogens with one attached hydrogen (secondary N) is 3. The predicted octanol–water partition coefficient (Wildman–Crippen LogP) is 3.62. The third-order valence-corrected chi connectivity index (χ3v) is 4.06. The van der Waals surface area contributed by atoms with E-state index in [1.54, 1.807) is 11.3 Å². The van der Waals surface area contributed by atoms with Gasteiger partial charge in [-0.15, -0.1) is 24.0 Å². The molecule has 2 rings (SSSR count). The maximum Gasteiger partial charge on any atom is 0.221 e. The number of amides is 1. The van der Waals surface area contributed by atoms with Crippen LogP contribution < -0.4 is 16.0 Å². The second kappa shape index (κ2) is 11.9. The number of carbonyl (C=O) groups excluding carboxylic acids is 1. The number of benzene rings is 1. The third kappa shape index (κ3) is 8.35. The molecule has 0 saturated carbocycles. The van der Waals surface area contributed by atoms with Crippen molar-refractivity contribution in [1.82, 2.24) is 10.6 Å². The normalized spacial score (nSPS) is 10.7. The van der Waals surface area contributed by atoms with Gasteiger partial charge in [-0.25, -0.2) is 4.99 Å². The second-order valence-corrected chi connectivity index (χ2v) is 6.16. The van der Waals surface area contributed by atoms with Gasteiger partial charge in [0.15, 0.2) is 5.96 Å². The zero-order valence-corrected chi connectivity index (χ0v) is 17.7. The van der Waals surface area contributed by atoms with Crippen molar-refractivity contribution in [3.05, 3.63) is 52.2 Å². The molecule has 0 unspecified atom stereocenters. The molecule has 0 spiro atoms. The number of aliphatic imine (C=N–C) groups is 1. The summed E-state index contributed by atoms with van der Waals surface area (Å²) in [4.78, 5) is 15.6. The highest BCUT2D eigenvalue weighted by atomic mass is 127. The average molecular weight is 472 g/mol. The van der Waals surface area contributed by atoms with Crippen LogP contribution in [0.4, 0.5) is 5.69 Å². The summed E-state index contributed by atoms with van der Waals surface area (Å²) in [7, 11) is 0. The highest BCUT2D eigenvalue weighted by molar-refractivity contribution is 14.0. The molecule has 1 heterocycles. The Morgan fingerprint density at radius 2 is 1.88 bits per heavy atom. The van der Waals surface area contributed by atoms with Crippen molar-refractivity contribution in [2.45, 2.75) is 26.8 Å². The van der Waals surface area contributed by atoms with Crippen LogP contribution in [-0.4, -0.2) is 25.0 Å². The molecular weight excluding hydrogens is 447 g/mol. The first kappa shape index (κ1) is 21.4. The zero-order chi connectivity index (χ0) is 17.2. The van der Waals surface area contributed by atoms with Crippen LogP contribution in [0.3, 0.4) is 0 Å². The Hall–Kier alpha value is -1.61. The molecule has 136 valence electrons. The number of nitrogens with zero attached hydrogens (tertiary/aromatic N) is 1. The molecule has 2 aromatic rings. The van der Waals surface area contributed by atoms with Crippen LogP contribution in [0.1, 0.15) is 25.0 Å². The Morgan fingerprint density at radius 1 is 1.12 bits per heavy atom. The molecule has 1 aromatic carbocycles. The summed E-state index contributed by atoms with van der Waals surface area (Å²) in [6.07, 6.45) is 0.892. The van der Waals surface area contributed by atoms with Crippen molar-refractivity contribution >= 4 is 52.9 Å². The van der Waals surface area contributed by atoms with Crippen molar-refractivity contribution in [3.63, 3.8) is 0 Å². The van der Waals surface area contributed by atoms with E-state index in [2.05, 4.69) is 44.7 Å². The minimum absolute atomic E-state index is 0. The summed E-state index contributed by atoms with van der Waals surface area (Å²) in [6.45, 7) is 5.89. The minimum atomic E-state index is -0.0541. The van der Waals surface area contributed by atoms with E-state index in [9.17, 15) is 4.79 Å². The molecule has 3 N–H and O–H groups in total. The topological polar surface area (TPSA) is 65.5 Å². The molecule has 0 saturated heterocycles. The molecule has 0 atom stereocenters. The number of carbonyl (C=O) groups is 1. The number of halogens is 1. The van der Waals surface area contributed by atoms with Gasteiger partial charge in [-0.2, -0.15) is 11.3 Å². The van der Waals surface area contributed by atoms with E-state index < -0.39 is 0 Å². The van der Waals surface area contributed by atoms with E-state index in [-0.39, 0.29) is 29.9 Å². The molecule has 0 aliphatic rings. The molecule has 0 bridgehead atoms. The molecule has 0 aliphatic heterocycles. The van der Waals surface area contributed by atoms with E-state index in [1.165, 1.54) is 18.1 Å². The van der Waals surface area contributed by atoms with Gasteiger partial charge in [0.05, 0.1) is 6.54 Å². The maximum absolute atomic E-state index is 11.0. The van der Waals surface area contributed by atoms with Gasteiger partial charge in [0.1, 0.15) is 0 Å². The first-order valence-corrected chi connectivity index (χ1v) is 9.01. The lowest BCUT2D eigenvalue weighted by Crippen LogP contribution is -2.38. The molecule has 0 fully saturated rings. The van der Waals surface area contributed by atoms with E-state index >= 15 is 0 Å². The van der Waals surface area contributed by atoms with Crippen molar-refractivity contribution in [2.24, 2.45) is 4.99 Å². The Kier molecular flexibility index (Phi) is 10.2. The standard InChI is InChI=1S/C18H24N4OS.HI/c1-3-19-18(21-12-16-9-11-24-13-16)20-10-8-15-4-6-17(7-5-15)22-14(2)23;/h4-7,9,11,13H,3,8,10,12H2,1-2H3,(H,22,23)(H2,19,20,21);1H. The van der Waals surface area contributed by atoms with E-state index in [1.807, 2.05) is 24.3 Å². The Labute approximate surface area is 170 Å². The van der Waals surface area contributed by atoms with Crippen molar-refractivity contribution < 1.29 is 4.79 Å². The highest BCUT2D eigenvalue weighted by Crippen LogP contribution is 2.10. The number of thiophene rings is 1. The van der Waals surface area contributed by atoms with Crippen LogP contribution in [0, 0.1) is 0 Å². The van der Waals surface area contributed by atoms with Crippen LogP contribution in [0.25, 0.3) is 0 Å². The van der Waals surface area contributed by atoms with Gasteiger partial charge in [-0.05, 0) is 53.4 Å². The minimum Gasteiger partial charge on any atom is -0.357 e. The van der Waals surface area contributed by atoms with Crippen molar-refractivity contribution in [1.29, 1.82) is 0 Å². The van der Waals surface area contributed by atoms with Gasteiger partial charge in [-0.3, -0.25) is 4.79 Å².